The molecule has 102 valence electrons. The zero-order chi connectivity index (χ0) is 14.3. The van der Waals surface area contributed by atoms with Crippen molar-refractivity contribution in [1.29, 1.82) is 0 Å². The average Bonchev–Trinajstić information content (AvgIpc) is 2.69. The molecule has 3 nitrogen and oxygen atoms in total. The molecule has 6 heteroatoms. The molecule has 0 fully saturated rings. The number of halogens is 3. The van der Waals surface area contributed by atoms with E-state index in [-0.39, 0.29) is 5.91 Å². The standard InChI is InChI=1S/C14H9Cl2FN2O/c15-7-1-3-12(10(16)5-7)18-13-9-6-8(17)2-4-11(9)19-14(13)20/h1-6,13,18H,(H,19,20). The summed E-state index contributed by atoms with van der Waals surface area (Å²) in [5, 5.41) is 6.59. The van der Waals surface area contributed by atoms with Gasteiger partial charge in [0.05, 0.1) is 10.7 Å². The van der Waals surface area contributed by atoms with Gasteiger partial charge in [-0.1, -0.05) is 23.2 Å². The van der Waals surface area contributed by atoms with Gasteiger partial charge in [0.15, 0.2) is 0 Å². The number of carbonyl (C=O) groups is 1. The van der Waals surface area contributed by atoms with Crippen LogP contribution in [0.2, 0.25) is 10.0 Å². The Morgan fingerprint density at radius 2 is 1.95 bits per heavy atom. The molecule has 0 aliphatic carbocycles. The second-order valence-electron chi connectivity index (χ2n) is 4.42. The smallest absolute Gasteiger partial charge is 0.251 e. The van der Waals surface area contributed by atoms with Gasteiger partial charge in [0.1, 0.15) is 11.9 Å². The van der Waals surface area contributed by atoms with Gasteiger partial charge in [0.25, 0.3) is 5.91 Å². The Hall–Kier alpha value is -1.78. The molecule has 1 aliphatic rings. The van der Waals surface area contributed by atoms with Crippen molar-refractivity contribution in [3.8, 4) is 0 Å². The lowest BCUT2D eigenvalue weighted by Gasteiger charge is -2.14. The molecule has 0 aromatic heterocycles. The van der Waals surface area contributed by atoms with Crippen LogP contribution in [-0.4, -0.2) is 5.91 Å². The summed E-state index contributed by atoms with van der Waals surface area (Å²) >= 11 is 11.9. The monoisotopic (exact) mass is 310 g/mol. The molecule has 1 heterocycles. The van der Waals surface area contributed by atoms with E-state index < -0.39 is 11.9 Å². The van der Waals surface area contributed by atoms with Crippen molar-refractivity contribution in [3.05, 3.63) is 57.8 Å². The van der Waals surface area contributed by atoms with Gasteiger partial charge in [-0.05, 0) is 36.4 Å². The molecule has 1 unspecified atom stereocenters. The highest BCUT2D eigenvalue weighted by molar-refractivity contribution is 6.36. The summed E-state index contributed by atoms with van der Waals surface area (Å²) in [6.07, 6.45) is 0. The summed E-state index contributed by atoms with van der Waals surface area (Å²) in [5.41, 5.74) is 1.72. The third-order valence-corrected chi connectivity index (χ3v) is 3.62. The molecule has 0 spiro atoms. The first-order chi connectivity index (χ1) is 9.54. The number of hydrogen-bond donors (Lipinski definition) is 2. The molecule has 2 aromatic rings. The van der Waals surface area contributed by atoms with Gasteiger partial charge in [-0.25, -0.2) is 4.39 Å². The summed E-state index contributed by atoms with van der Waals surface area (Å²) in [4.78, 5) is 12.0. The lowest BCUT2D eigenvalue weighted by molar-refractivity contribution is -0.116. The van der Waals surface area contributed by atoms with Crippen LogP contribution in [0, 0.1) is 5.82 Å². The topological polar surface area (TPSA) is 41.1 Å². The Morgan fingerprint density at radius 3 is 2.70 bits per heavy atom. The Morgan fingerprint density at radius 1 is 1.15 bits per heavy atom. The van der Waals surface area contributed by atoms with E-state index >= 15 is 0 Å². The van der Waals surface area contributed by atoms with Crippen molar-refractivity contribution in [3.63, 3.8) is 0 Å². The van der Waals surface area contributed by atoms with Crippen molar-refractivity contribution < 1.29 is 9.18 Å². The highest BCUT2D eigenvalue weighted by atomic mass is 35.5. The van der Waals surface area contributed by atoms with Gasteiger partial charge in [-0.3, -0.25) is 4.79 Å². The van der Waals surface area contributed by atoms with Crippen molar-refractivity contribution >= 4 is 40.5 Å². The summed E-state index contributed by atoms with van der Waals surface area (Å²) < 4.78 is 13.3. The predicted octanol–water partition coefficient (Wildman–Crippen LogP) is 4.24. The Labute approximate surface area is 124 Å². The van der Waals surface area contributed by atoms with E-state index in [4.69, 9.17) is 23.2 Å². The fourth-order valence-corrected chi connectivity index (χ4v) is 2.60. The third-order valence-electron chi connectivity index (χ3n) is 3.08. The second-order valence-corrected chi connectivity index (χ2v) is 5.27. The minimum Gasteiger partial charge on any atom is -0.369 e. The first-order valence-electron chi connectivity index (χ1n) is 5.86. The van der Waals surface area contributed by atoms with E-state index in [0.717, 1.165) is 0 Å². The largest absolute Gasteiger partial charge is 0.369 e. The predicted molar refractivity (Wildman–Crippen MR) is 77.9 cm³/mol. The zero-order valence-electron chi connectivity index (χ0n) is 10.1. The lowest BCUT2D eigenvalue weighted by Crippen LogP contribution is -2.19. The number of benzene rings is 2. The van der Waals surface area contributed by atoms with E-state index in [2.05, 4.69) is 10.6 Å². The quantitative estimate of drug-likeness (QED) is 0.871. The van der Waals surface area contributed by atoms with Gasteiger partial charge in [-0.2, -0.15) is 0 Å². The maximum absolute atomic E-state index is 13.3. The van der Waals surface area contributed by atoms with Crippen LogP contribution in [0.4, 0.5) is 15.8 Å². The van der Waals surface area contributed by atoms with Crippen LogP contribution in [0.3, 0.4) is 0 Å². The molecule has 3 rings (SSSR count). The van der Waals surface area contributed by atoms with Crippen LogP contribution in [0.15, 0.2) is 36.4 Å². The molecular formula is C14H9Cl2FN2O. The first-order valence-corrected chi connectivity index (χ1v) is 6.62. The Kier molecular flexibility index (Phi) is 3.28. The Bertz CT molecular complexity index is 706. The highest BCUT2D eigenvalue weighted by Crippen LogP contribution is 2.36. The maximum Gasteiger partial charge on any atom is 0.251 e. The van der Waals surface area contributed by atoms with Crippen molar-refractivity contribution in [2.24, 2.45) is 0 Å². The van der Waals surface area contributed by atoms with Crippen LogP contribution in [0.1, 0.15) is 11.6 Å². The van der Waals surface area contributed by atoms with E-state index in [1.54, 1.807) is 18.2 Å². The molecule has 1 atom stereocenters. The van der Waals surface area contributed by atoms with E-state index in [0.29, 0.717) is 27.0 Å². The van der Waals surface area contributed by atoms with Crippen molar-refractivity contribution in [1.82, 2.24) is 0 Å². The number of carbonyl (C=O) groups excluding carboxylic acids is 1. The maximum atomic E-state index is 13.3. The van der Waals surface area contributed by atoms with Crippen LogP contribution in [-0.2, 0) is 4.79 Å². The normalized spacial score (nSPS) is 16.8. The van der Waals surface area contributed by atoms with Gasteiger partial charge in [0.2, 0.25) is 0 Å². The molecule has 1 amide bonds. The number of anilines is 2. The van der Waals surface area contributed by atoms with Crippen molar-refractivity contribution in [2.75, 3.05) is 10.6 Å². The van der Waals surface area contributed by atoms with Gasteiger partial charge in [-0.15, -0.1) is 0 Å². The third kappa shape index (κ3) is 2.32. The molecular weight excluding hydrogens is 302 g/mol. The minimum absolute atomic E-state index is 0.253. The number of nitrogens with one attached hydrogen (secondary N) is 2. The molecule has 0 bridgehead atoms. The zero-order valence-corrected chi connectivity index (χ0v) is 11.6. The summed E-state index contributed by atoms with van der Waals surface area (Å²) in [7, 11) is 0. The molecule has 20 heavy (non-hydrogen) atoms. The van der Waals surface area contributed by atoms with Crippen LogP contribution in [0.25, 0.3) is 0 Å². The molecule has 0 radical (unpaired) electrons. The average molecular weight is 311 g/mol. The van der Waals surface area contributed by atoms with Crippen molar-refractivity contribution in [2.45, 2.75) is 6.04 Å². The molecule has 2 aromatic carbocycles. The molecule has 0 saturated carbocycles. The number of hydrogen-bond acceptors (Lipinski definition) is 2. The fourth-order valence-electron chi connectivity index (χ4n) is 2.14. The molecule has 0 saturated heterocycles. The van der Waals surface area contributed by atoms with E-state index in [9.17, 15) is 9.18 Å². The summed E-state index contributed by atoms with van der Waals surface area (Å²) in [6, 6.07) is 8.40. The summed E-state index contributed by atoms with van der Waals surface area (Å²) in [5.74, 6) is -0.647. The Balaban J connectivity index is 1.95. The van der Waals surface area contributed by atoms with Gasteiger partial charge >= 0.3 is 0 Å². The second kappa shape index (κ2) is 4.96. The number of fused-ring (bicyclic) bond motifs is 1. The molecule has 1 aliphatic heterocycles. The minimum atomic E-state index is -0.681. The summed E-state index contributed by atoms with van der Waals surface area (Å²) in [6.45, 7) is 0. The van der Waals surface area contributed by atoms with Gasteiger partial charge in [0, 0.05) is 16.3 Å². The van der Waals surface area contributed by atoms with E-state index in [1.165, 1.54) is 18.2 Å². The van der Waals surface area contributed by atoms with E-state index in [1.807, 2.05) is 0 Å². The lowest BCUT2D eigenvalue weighted by atomic mass is 10.1. The highest BCUT2D eigenvalue weighted by Gasteiger charge is 2.31. The van der Waals surface area contributed by atoms with Gasteiger partial charge < -0.3 is 10.6 Å². The molecule has 2 N–H and O–H groups in total. The number of amides is 1. The fraction of sp³-hybridized carbons (Fsp3) is 0.0714. The van der Waals surface area contributed by atoms with Crippen LogP contribution >= 0.6 is 23.2 Å². The first kappa shape index (κ1) is 13.2. The van der Waals surface area contributed by atoms with Crippen LogP contribution in [0.5, 0.6) is 0 Å². The number of rotatable bonds is 2. The van der Waals surface area contributed by atoms with Crippen LogP contribution < -0.4 is 10.6 Å². The SMILES string of the molecule is O=C1Nc2ccc(F)cc2C1Nc1ccc(Cl)cc1Cl.